The predicted octanol–water partition coefficient (Wildman–Crippen LogP) is 3.55. The van der Waals surface area contributed by atoms with Crippen LogP contribution in [0.4, 0.5) is 11.4 Å². The van der Waals surface area contributed by atoms with Crippen LogP contribution >= 0.6 is 0 Å². The van der Waals surface area contributed by atoms with Crippen molar-refractivity contribution in [3.05, 3.63) is 59.2 Å². The largest absolute Gasteiger partial charge is 0.385 e. The Kier molecular flexibility index (Phi) is 4.57. The van der Waals surface area contributed by atoms with Gasteiger partial charge in [-0.1, -0.05) is 12.1 Å². The van der Waals surface area contributed by atoms with Crippen molar-refractivity contribution in [1.29, 1.82) is 5.26 Å². The van der Waals surface area contributed by atoms with E-state index in [-0.39, 0.29) is 5.91 Å². The van der Waals surface area contributed by atoms with Crippen molar-refractivity contribution in [2.24, 2.45) is 0 Å². The van der Waals surface area contributed by atoms with Crippen LogP contribution in [0.3, 0.4) is 0 Å². The Morgan fingerprint density at radius 2 is 1.90 bits per heavy atom. The van der Waals surface area contributed by atoms with E-state index in [9.17, 15) is 4.79 Å². The Morgan fingerprint density at radius 1 is 1.19 bits per heavy atom. The number of nitrogens with zero attached hydrogens (tertiary/aromatic N) is 1. The smallest absolute Gasteiger partial charge is 0.255 e. The molecule has 2 N–H and O–H groups in total. The van der Waals surface area contributed by atoms with Crippen LogP contribution in [0.5, 0.6) is 0 Å². The monoisotopic (exact) mass is 279 g/mol. The van der Waals surface area contributed by atoms with Crippen LogP contribution in [0.15, 0.2) is 42.5 Å². The Morgan fingerprint density at radius 3 is 2.52 bits per heavy atom. The van der Waals surface area contributed by atoms with Gasteiger partial charge in [-0.25, -0.2) is 0 Å². The number of hydrogen-bond donors (Lipinski definition) is 2. The number of anilines is 2. The number of benzene rings is 2. The lowest BCUT2D eigenvalue weighted by molar-refractivity contribution is 0.102. The lowest BCUT2D eigenvalue weighted by Gasteiger charge is -2.09. The molecule has 0 fully saturated rings. The molecule has 0 heterocycles. The van der Waals surface area contributed by atoms with E-state index < -0.39 is 0 Å². The third kappa shape index (κ3) is 3.40. The fourth-order valence-electron chi connectivity index (χ4n) is 2.06. The summed E-state index contributed by atoms with van der Waals surface area (Å²) in [4.78, 5) is 12.2. The molecule has 0 aromatic heterocycles. The first-order valence-electron chi connectivity index (χ1n) is 6.80. The van der Waals surface area contributed by atoms with Crippen molar-refractivity contribution in [3.8, 4) is 6.07 Å². The Labute approximate surface area is 124 Å². The number of nitriles is 1. The molecule has 4 nitrogen and oxygen atoms in total. The molecular formula is C17H17N3O. The maximum atomic E-state index is 12.2. The van der Waals surface area contributed by atoms with Gasteiger partial charge in [-0.3, -0.25) is 4.79 Å². The third-order valence-corrected chi connectivity index (χ3v) is 3.16. The van der Waals surface area contributed by atoms with Crippen molar-refractivity contribution in [3.63, 3.8) is 0 Å². The summed E-state index contributed by atoms with van der Waals surface area (Å²) in [6.07, 6.45) is 0. The molecule has 21 heavy (non-hydrogen) atoms. The fraction of sp³-hybridized carbons (Fsp3) is 0.176. The van der Waals surface area contributed by atoms with Crippen molar-refractivity contribution in [1.82, 2.24) is 0 Å². The molecule has 0 saturated carbocycles. The van der Waals surface area contributed by atoms with Crippen LogP contribution in [0, 0.1) is 18.3 Å². The number of nitrogens with one attached hydrogen (secondary N) is 2. The van der Waals surface area contributed by atoms with Gasteiger partial charge in [0.05, 0.1) is 11.3 Å². The van der Waals surface area contributed by atoms with Crippen molar-refractivity contribution < 1.29 is 4.79 Å². The van der Waals surface area contributed by atoms with Crippen LogP contribution in [-0.4, -0.2) is 12.5 Å². The van der Waals surface area contributed by atoms with E-state index in [1.165, 1.54) is 0 Å². The molecule has 0 aliphatic carbocycles. The molecule has 0 atom stereocenters. The number of hydrogen-bond acceptors (Lipinski definition) is 3. The standard InChI is InChI=1S/C17H17N3O/c1-3-19-14-9-7-13(8-10-14)17(21)20-16-6-4-5-12(2)15(16)11-18/h4-10,19H,3H2,1-2H3,(H,20,21). The maximum Gasteiger partial charge on any atom is 0.255 e. The average Bonchev–Trinajstić information content (AvgIpc) is 2.48. The van der Waals surface area contributed by atoms with Gasteiger partial charge in [0.25, 0.3) is 5.91 Å². The lowest BCUT2D eigenvalue weighted by Crippen LogP contribution is -2.13. The first kappa shape index (κ1) is 14.6. The van der Waals surface area contributed by atoms with E-state index in [1.807, 2.05) is 38.1 Å². The summed E-state index contributed by atoms with van der Waals surface area (Å²) in [5.41, 5.74) is 3.41. The van der Waals surface area contributed by atoms with E-state index in [0.717, 1.165) is 17.8 Å². The number of carbonyl (C=O) groups is 1. The zero-order chi connectivity index (χ0) is 15.2. The Bertz CT molecular complexity index is 684. The second-order valence-corrected chi connectivity index (χ2v) is 4.67. The van der Waals surface area contributed by atoms with Crippen LogP contribution in [0.2, 0.25) is 0 Å². The summed E-state index contributed by atoms with van der Waals surface area (Å²) in [7, 11) is 0. The minimum atomic E-state index is -0.222. The van der Waals surface area contributed by atoms with Crippen molar-refractivity contribution in [2.75, 3.05) is 17.2 Å². The van der Waals surface area contributed by atoms with Crippen LogP contribution in [0.1, 0.15) is 28.4 Å². The Hall–Kier alpha value is -2.80. The fourth-order valence-corrected chi connectivity index (χ4v) is 2.06. The molecule has 0 unspecified atom stereocenters. The topological polar surface area (TPSA) is 64.9 Å². The van der Waals surface area contributed by atoms with E-state index >= 15 is 0 Å². The molecule has 0 spiro atoms. The highest BCUT2D eigenvalue weighted by molar-refractivity contribution is 6.05. The minimum absolute atomic E-state index is 0.222. The van der Waals surface area contributed by atoms with E-state index in [1.54, 1.807) is 18.2 Å². The molecule has 4 heteroatoms. The first-order valence-corrected chi connectivity index (χ1v) is 6.80. The van der Waals surface area contributed by atoms with Gasteiger partial charge in [-0.2, -0.15) is 5.26 Å². The maximum absolute atomic E-state index is 12.2. The molecule has 0 aliphatic rings. The summed E-state index contributed by atoms with van der Waals surface area (Å²) in [5.74, 6) is -0.222. The third-order valence-electron chi connectivity index (χ3n) is 3.16. The van der Waals surface area contributed by atoms with Gasteiger partial charge in [0, 0.05) is 17.8 Å². The quantitative estimate of drug-likeness (QED) is 0.899. The number of aryl methyl sites for hydroxylation is 1. The van der Waals surface area contributed by atoms with Crippen LogP contribution in [-0.2, 0) is 0 Å². The van der Waals surface area contributed by atoms with Crippen molar-refractivity contribution >= 4 is 17.3 Å². The minimum Gasteiger partial charge on any atom is -0.385 e. The first-order chi connectivity index (χ1) is 10.2. The van der Waals surface area contributed by atoms with Gasteiger partial charge in [0.2, 0.25) is 0 Å². The molecule has 0 bridgehead atoms. The zero-order valence-corrected chi connectivity index (χ0v) is 12.1. The molecule has 2 aromatic carbocycles. The molecule has 0 saturated heterocycles. The molecule has 106 valence electrons. The number of carbonyl (C=O) groups excluding carboxylic acids is 1. The van der Waals surface area contributed by atoms with Gasteiger partial charge < -0.3 is 10.6 Å². The number of amides is 1. The second kappa shape index (κ2) is 6.58. The zero-order valence-electron chi connectivity index (χ0n) is 12.1. The molecule has 1 amide bonds. The highest BCUT2D eigenvalue weighted by atomic mass is 16.1. The molecule has 0 aliphatic heterocycles. The van der Waals surface area contributed by atoms with Gasteiger partial charge >= 0.3 is 0 Å². The predicted molar refractivity (Wildman–Crippen MR) is 84.5 cm³/mol. The molecule has 0 radical (unpaired) electrons. The summed E-state index contributed by atoms with van der Waals surface area (Å²) >= 11 is 0. The van der Waals surface area contributed by atoms with Crippen LogP contribution < -0.4 is 10.6 Å². The van der Waals surface area contributed by atoms with E-state index in [2.05, 4.69) is 16.7 Å². The van der Waals surface area contributed by atoms with Gasteiger partial charge in [-0.15, -0.1) is 0 Å². The van der Waals surface area contributed by atoms with Gasteiger partial charge in [0.1, 0.15) is 6.07 Å². The Balaban J connectivity index is 2.19. The highest BCUT2D eigenvalue weighted by Crippen LogP contribution is 2.19. The summed E-state index contributed by atoms with van der Waals surface area (Å²) in [6.45, 7) is 4.70. The summed E-state index contributed by atoms with van der Waals surface area (Å²) in [6, 6.07) is 14.8. The summed E-state index contributed by atoms with van der Waals surface area (Å²) < 4.78 is 0. The van der Waals surface area contributed by atoms with E-state index in [4.69, 9.17) is 5.26 Å². The summed E-state index contributed by atoms with van der Waals surface area (Å²) in [5, 5.41) is 15.1. The highest BCUT2D eigenvalue weighted by Gasteiger charge is 2.10. The SMILES string of the molecule is CCNc1ccc(C(=O)Nc2cccc(C)c2C#N)cc1. The van der Waals surface area contributed by atoms with Crippen LogP contribution in [0.25, 0.3) is 0 Å². The van der Waals surface area contributed by atoms with E-state index in [0.29, 0.717) is 16.8 Å². The number of rotatable bonds is 4. The molecule has 2 rings (SSSR count). The van der Waals surface area contributed by atoms with Gasteiger partial charge in [0.15, 0.2) is 0 Å². The van der Waals surface area contributed by atoms with Crippen molar-refractivity contribution in [2.45, 2.75) is 13.8 Å². The lowest BCUT2D eigenvalue weighted by atomic mass is 10.1. The van der Waals surface area contributed by atoms with Gasteiger partial charge in [-0.05, 0) is 49.7 Å². The molecular weight excluding hydrogens is 262 g/mol. The second-order valence-electron chi connectivity index (χ2n) is 4.67. The molecule has 2 aromatic rings. The average molecular weight is 279 g/mol. The normalized spacial score (nSPS) is 9.76.